The van der Waals surface area contributed by atoms with Gasteiger partial charge in [0.05, 0.1) is 23.5 Å². The number of benzene rings is 2. The summed E-state index contributed by atoms with van der Waals surface area (Å²) in [5.41, 5.74) is 3.79. The Morgan fingerprint density at radius 1 is 1.09 bits per heavy atom. The van der Waals surface area contributed by atoms with Crippen LogP contribution >= 0.6 is 11.8 Å². The third kappa shape index (κ3) is 4.27. The van der Waals surface area contributed by atoms with Gasteiger partial charge in [-0.15, -0.1) is 0 Å². The van der Waals surface area contributed by atoms with Crippen molar-refractivity contribution in [1.82, 2.24) is 9.47 Å². The number of nitro benzene ring substituents is 1. The molecule has 1 aliphatic heterocycles. The maximum absolute atomic E-state index is 13.0. The van der Waals surface area contributed by atoms with Crippen LogP contribution in [0, 0.1) is 24.0 Å². The molecule has 4 rings (SSSR count). The molecule has 0 atom stereocenters. The lowest BCUT2D eigenvalue weighted by atomic mass is 10.1. The van der Waals surface area contributed by atoms with Crippen molar-refractivity contribution >= 4 is 34.7 Å². The maximum atomic E-state index is 13.0. The average molecular weight is 464 g/mol. The lowest BCUT2D eigenvalue weighted by Crippen LogP contribution is -2.27. The fourth-order valence-electron chi connectivity index (χ4n) is 3.85. The minimum absolute atomic E-state index is 0.123. The van der Waals surface area contributed by atoms with E-state index >= 15 is 0 Å². The van der Waals surface area contributed by atoms with E-state index in [-0.39, 0.29) is 17.1 Å². The molecule has 2 amide bonds. The third-order valence-electron chi connectivity index (χ3n) is 5.46. The summed E-state index contributed by atoms with van der Waals surface area (Å²) in [6, 6.07) is 15.7. The van der Waals surface area contributed by atoms with Crippen LogP contribution in [0.15, 0.2) is 59.5 Å². The fourth-order valence-corrected chi connectivity index (χ4v) is 4.68. The predicted molar refractivity (Wildman–Crippen MR) is 126 cm³/mol. The van der Waals surface area contributed by atoms with E-state index in [0.29, 0.717) is 5.56 Å². The number of hydrogen-bond acceptors (Lipinski definition) is 6. The molecule has 1 saturated heterocycles. The number of rotatable bonds is 6. The van der Waals surface area contributed by atoms with Crippen molar-refractivity contribution in [3.63, 3.8) is 0 Å². The Labute approximate surface area is 194 Å². The minimum atomic E-state index is -0.516. The molecule has 0 spiro atoms. The summed E-state index contributed by atoms with van der Waals surface area (Å²) in [4.78, 5) is 37.6. The number of carbonyl (C=O) groups excluding carboxylic acids is 2. The molecule has 0 radical (unpaired) electrons. The van der Waals surface area contributed by atoms with Crippen molar-refractivity contribution in [3.8, 4) is 11.4 Å². The van der Waals surface area contributed by atoms with Crippen molar-refractivity contribution in [2.75, 3.05) is 7.11 Å². The van der Waals surface area contributed by atoms with Crippen molar-refractivity contribution < 1.29 is 19.2 Å². The molecule has 2 aromatic carbocycles. The van der Waals surface area contributed by atoms with Gasteiger partial charge in [0, 0.05) is 34.8 Å². The normalized spacial score (nSPS) is 14.9. The summed E-state index contributed by atoms with van der Waals surface area (Å²) in [5.74, 6) is 0.270. The van der Waals surface area contributed by atoms with Crippen molar-refractivity contribution in [3.05, 3.63) is 92.1 Å². The Balaban J connectivity index is 1.64. The Bertz CT molecular complexity index is 1310. The number of ether oxygens (including phenoxy) is 1. The van der Waals surface area contributed by atoms with Crippen LogP contribution in [0.3, 0.4) is 0 Å². The second kappa shape index (κ2) is 8.95. The number of carbonyl (C=O) groups is 2. The molecule has 33 heavy (non-hydrogen) atoms. The van der Waals surface area contributed by atoms with E-state index in [1.165, 1.54) is 6.07 Å². The molecule has 0 bridgehead atoms. The fraction of sp³-hybridized carbons (Fsp3) is 0.167. The summed E-state index contributed by atoms with van der Waals surface area (Å²) < 4.78 is 7.37. The SMILES string of the molecule is COc1cccc(-n2c(C)cc(/C=C3\SC(=O)N(Cc4ccccc4[N+](=O)[O-])C3=O)c2C)c1. The Hall–Kier alpha value is -3.85. The van der Waals surface area contributed by atoms with Gasteiger partial charge in [0.2, 0.25) is 0 Å². The first-order valence-electron chi connectivity index (χ1n) is 10.1. The van der Waals surface area contributed by atoms with Crippen LogP contribution in [-0.4, -0.2) is 32.6 Å². The van der Waals surface area contributed by atoms with Crippen LogP contribution in [0.5, 0.6) is 5.75 Å². The topological polar surface area (TPSA) is 94.7 Å². The summed E-state index contributed by atoms with van der Waals surface area (Å²) in [6.07, 6.45) is 1.70. The number of nitro groups is 1. The minimum Gasteiger partial charge on any atom is -0.497 e. The number of amides is 2. The molecule has 1 fully saturated rings. The average Bonchev–Trinajstić information content (AvgIpc) is 3.23. The van der Waals surface area contributed by atoms with E-state index < -0.39 is 16.1 Å². The molecule has 2 heterocycles. The summed E-state index contributed by atoms with van der Waals surface area (Å²) >= 11 is 0.835. The van der Waals surface area contributed by atoms with Gasteiger partial charge in [-0.3, -0.25) is 24.6 Å². The first kappa shape index (κ1) is 22.3. The number of aryl methyl sites for hydroxylation is 1. The molecule has 0 aliphatic carbocycles. The van der Waals surface area contributed by atoms with Crippen molar-refractivity contribution in [1.29, 1.82) is 0 Å². The zero-order valence-corrected chi connectivity index (χ0v) is 19.1. The van der Waals surface area contributed by atoms with Crippen LogP contribution in [0.1, 0.15) is 22.5 Å². The van der Waals surface area contributed by atoms with E-state index in [4.69, 9.17) is 4.74 Å². The molecule has 8 nitrogen and oxygen atoms in total. The molecule has 168 valence electrons. The first-order valence-corrected chi connectivity index (χ1v) is 10.9. The highest BCUT2D eigenvalue weighted by Gasteiger charge is 2.36. The Kier molecular flexibility index (Phi) is 6.06. The van der Waals surface area contributed by atoms with Gasteiger partial charge in [-0.2, -0.15) is 0 Å². The molecular weight excluding hydrogens is 442 g/mol. The predicted octanol–water partition coefficient (Wildman–Crippen LogP) is 5.25. The summed E-state index contributed by atoms with van der Waals surface area (Å²) in [6.45, 7) is 3.75. The van der Waals surface area contributed by atoms with Crippen LogP contribution in [0.2, 0.25) is 0 Å². The van der Waals surface area contributed by atoms with Gasteiger partial charge >= 0.3 is 0 Å². The van der Waals surface area contributed by atoms with Gasteiger partial charge in [0.1, 0.15) is 5.75 Å². The number of methoxy groups -OCH3 is 1. The quantitative estimate of drug-likeness (QED) is 0.282. The van der Waals surface area contributed by atoms with Gasteiger partial charge in [0.15, 0.2) is 0 Å². The highest BCUT2D eigenvalue weighted by molar-refractivity contribution is 8.18. The molecule has 0 unspecified atom stereocenters. The van der Waals surface area contributed by atoms with Crippen LogP contribution in [0.25, 0.3) is 11.8 Å². The number of thioether (sulfide) groups is 1. The third-order valence-corrected chi connectivity index (χ3v) is 6.37. The molecule has 0 saturated carbocycles. The van der Waals surface area contributed by atoms with E-state index in [1.807, 2.05) is 48.7 Å². The summed E-state index contributed by atoms with van der Waals surface area (Å²) in [5, 5.41) is 10.8. The van der Waals surface area contributed by atoms with Gasteiger partial charge in [-0.25, -0.2) is 0 Å². The van der Waals surface area contributed by atoms with Gasteiger partial charge in [-0.05, 0) is 55.4 Å². The zero-order chi connectivity index (χ0) is 23.7. The number of nitrogens with zero attached hydrogens (tertiary/aromatic N) is 3. The number of imide groups is 1. The monoisotopic (exact) mass is 463 g/mol. The molecule has 1 aliphatic rings. The second-order valence-corrected chi connectivity index (χ2v) is 8.51. The lowest BCUT2D eigenvalue weighted by Gasteiger charge is -2.12. The summed E-state index contributed by atoms with van der Waals surface area (Å²) in [7, 11) is 1.61. The number of hydrogen-bond donors (Lipinski definition) is 0. The largest absolute Gasteiger partial charge is 0.497 e. The smallest absolute Gasteiger partial charge is 0.293 e. The van der Waals surface area contributed by atoms with Crippen LogP contribution in [0.4, 0.5) is 10.5 Å². The van der Waals surface area contributed by atoms with Gasteiger partial charge in [0.25, 0.3) is 16.8 Å². The van der Waals surface area contributed by atoms with Crippen molar-refractivity contribution in [2.45, 2.75) is 20.4 Å². The van der Waals surface area contributed by atoms with Gasteiger partial charge < -0.3 is 9.30 Å². The lowest BCUT2D eigenvalue weighted by molar-refractivity contribution is -0.385. The van der Waals surface area contributed by atoms with E-state index in [2.05, 4.69) is 0 Å². The Morgan fingerprint density at radius 3 is 2.58 bits per heavy atom. The first-order chi connectivity index (χ1) is 15.8. The molecule has 0 N–H and O–H groups in total. The van der Waals surface area contributed by atoms with Crippen molar-refractivity contribution in [2.24, 2.45) is 0 Å². The standard InChI is InChI=1S/C24H21N3O5S/c1-15-11-18(16(2)26(15)19-8-6-9-20(13-19)32-3)12-22-23(28)25(24(29)33-22)14-17-7-4-5-10-21(17)27(30)31/h4-13H,14H2,1-3H3/b22-12-. The van der Waals surface area contributed by atoms with Crippen LogP contribution in [-0.2, 0) is 11.3 Å². The molecule has 9 heteroatoms. The highest BCUT2D eigenvalue weighted by atomic mass is 32.2. The molecule has 1 aromatic heterocycles. The highest BCUT2D eigenvalue weighted by Crippen LogP contribution is 2.35. The van der Waals surface area contributed by atoms with E-state index in [9.17, 15) is 19.7 Å². The molecular formula is C24H21N3O5S. The van der Waals surface area contributed by atoms with Crippen LogP contribution < -0.4 is 4.74 Å². The van der Waals surface area contributed by atoms with Gasteiger partial charge in [-0.1, -0.05) is 24.3 Å². The molecule has 3 aromatic rings. The van der Waals surface area contributed by atoms with E-state index in [1.54, 1.807) is 31.4 Å². The number of aromatic nitrogens is 1. The number of para-hydroxylation sites is 1. The van der Waals surface area contributed by atoms with E-state index in [0.717, 1.165) is 45.1 Å². The second-order valence-electron chi connectivity index (χ2n) is 7.52. The maximum Gasteiger partial charge on any atom is 0.293 e. The Morgan fingerprint density at radius 2 is 1.85 bits per heavy atom. The zero-order valence-electron chi connectivity index (χ0n) is 18.3.